The summed E-state index contributed by atoms with van der Waals surface area (Å²) in [6.07, 6.45) is 2.04. The van der Waals surface area contributed by atoms with E-state index >= 15 is 0 Å². The summed E-state index contributed by atoms with van der Waals surface area (Å²) in [4.78, 5) is 14.5. The molecule has 0 atom stereocenters. The number of rotatable bonds is 7. The van der Waals surface area contributed by atoms with Crippen LogP contribution in [-0.2, 0) is 0 Å². The Hall–Kier alpha value is -2.84. The Balaban J connectivity index is 1.44. The molecular formula is C25H28N3OP. The number of para-hydroxylation sites is 2. The number of amides is 1. The summed E-state index contributed by atoms with van der Waals surface area (Å²) in [5.74, 6) is 0.0923. The summed E-state index contributed by atoms with van der Waals surface area (Å²) in [7, 11) is 1.40. The Kier molecular flexibility index (Phi) is 6.66. The topological polar surface area (TPSA) is 26.8 Å². The number of hydrogen-bond donors (Lipinski definition) is 0. The van der Waals surface area contributed by atoms with Gasteiger partial charge in [0.15, 0.2) is 0 Å². The summed E-state index contributed by atoms with van der Waals surface area (Å²) >= 11 is 0. The minimum absolute atomic E-state index is 0.0923. The third-order valence-electron chi connectivity index (χ3n) is 5.41. The van der Waals surface area contributed by atoms with Crippen molar-refractivity contribution in [2.75, 3.05) is 42.2 Å². The number of benzene rings is 3. The lowest BCUT2D eigenvalue weighted by atomic mass is 10.2. The highest BCUT2D eigenvalue weighted by Gasteiger charge is 2.32. The van der Waals surface area contributed by atoms with Crippen LogP contribution >= 0.6 is 8.22 Å². The van der Waals surface area contributed by atoms with Crippen LogP contribution in [0.25, 0.3) is 0 Å². The third-order valence-corrected chi connectivity index (χ3v) is 8.10. The monoisotopic (exact) mass is 417 g/mol. The molecule has 0 aromatic heterocycles. The second-order valence-electron chi connectivity index (χ2n) is 7.46. The minimum atomic E-state index is -0.500. The lowest BCUT2D eigenvalue weighted by Crippen LogP contribution is -2.28. The van der Waals surface area contributed by atoms with Crippen LogP contribution in [0.15, 0.2) is 91.0 Å². The summed E-state index contributed by atoms with van der Waals surface area (Å²) in [6.45, 7) is 2.82. The zero-order chi connectivity index (χ0) is 20.8. The fraction of sp³-hybridized carbons (Fsp3) is 0.240. The molecule has 1 fully saturated rings. The van der Waals surface area contributed by atoms with Crippen LogP contribution in [0.3, 0.4) is 0 Å². The number of carbonyl (C=O) groups excluding carboxylic acids is 1. The molecular weight excluding hydrogens is 389 g/mol. The van der Waals surface area contributed by atoms with Gasteiger partial charge in [0, 0.05) is 49.8 Å². The first kappa shape index (κ1) is 20.4. The molecule has 0 aliphatic carbocycles. The van der Waals surface area contributed by atoms with Crippen LogP contribution in [0.1, 0.15) is 16.8 Å². The average Bonchev–Trinajstić information content (AvgIpc) is 3.24. The van der Waals surface area contributed by atoms with E-state index in [0.29, 0.717) is 0 Å². The van der Waals surface area contributed by atoms with Crippen LogP contribution in [0.5, 0.6) is 0 Å². The van der Waals surface area contributed by atoms with Gasteiger partial charge in [-0.05, 0) is 42.8 Å². The van der Waals surface area contributed by atoms with Crippen LogP contribution in [0, 0.1) is 0 Å². The predicted molar refractivity (Wildman–Crippen MR) is 127 cm³/mol. The van der Waals surface area contributed by atoms with Gasteiger partial charge in [0.1, 0.15) is 0 Å². The van der Waals surface area contributed by atoms with Gasteiger partial charge in [0.25, 0.3) is 5.91 Å². The van der Waals surface area contributed by atoms with E-state index in [1.807, 2.05) is 42.3 Å². The fourth-order valence-corrected chi connectivity index (χ4v) is 6.48. The second kappa shape index (κ2) is 9.77. The molecule has 3 aromatic rings. The molecule has 1 heterocycles. The third kappa shape index (κ3) is 4.66. The molecule has 1 aliphatic heterocycles. The Morgan fingerprint density at radius 3 is 1.77 bits per heavy atom. The van der Waals surface area contributed by atoms with E-state index in [-0.39, 0.29) is 5.91 Å². The summed E-state index contributed by atoms with van der Waals surface area (Å²) in [5, 5.41) is 0. The standard InChI is InChI=1S/C25H28N3OP/c1-26(25(29)22-12-5-2-6-13-22)18-11-21-30-27(23-14-7-3-8-15-23)19-20-28(30)24-16-9-4-10-17-24/h2-10,12-17H,11,18-21H2,1H3. The Labute approximate surface area is 180 Å². The van der Waals surface area contributed by atoms with Gasteiger partial charge in [0.2, 0.25) is 0 Å². The van der Waals surface area contributed by atoms with Gasteiger partial charge in [-0.1, -0.05) is 54.6 Å². The molecule has 4 rings (SSSR count). The van der Waals surface area contributed by atoms with Crippen molar-refractivity contribution in [2.24, 2.45) is 0 Å². The van der Waals surface area contributed by atoms with E-state index in [0.717, 1.165) is 37.8 Å². The first-order chi connectivity index (χ1) is 14.7. The molecule has 1 saturated heterocycles. The average molecular weight is 417 g/mol. The smallest absolute Gasteiger partial charge is 0.253 e. The molecule has 4 nitrogen and oxygen atoms in total. The normalized spacial score (nSPS) is 14.2. The van der Waals surface area contributed by atoms with Gasteiger partial charge in [-0.25, -0.2) is 0 Å². The molecule has 0 bridgehead atoms. The predicted octanol–water partition coefficient (Wildman–Crippen LogP) is 5.49. The van der Waals surface area contributed by atoms with E-state index in [4.69, 9.17) is 0 Å². The fourth-order valence-electron chi connectivity index (χ4n) is 3.87. The van der Waals surface area contributed by atoms with E-state index in [1.54, 1.807) is 0 Å². The lowest BCUT2D eigenvalue weighted by Gasteiger charge is -2.32. The van der Waals surface area contributed by atoms with E-state index in [2.05, 4.69) is 70.0 Å². The Morgan fingerprint density at radius 2 is 1.27 bits per heavy atom. The second-order valence-corrected chi connectivity index (χ2v) is 9.62. The number of hydrogen-bond acceptors (Lipinski definition) is 3. The first-order valence-corrected chi connectivity index (χ1v) is 11.9. The van der Waals surface area contributed by atoms with Crippen LogP contribution in [-0.4, -0.2) is 43.7 Å². The summed E-state index contributed by atoms with van der Waals surface area (Å²) < 4.78 is 5.11. The highest BCUT2D eigenvalue weighted by Crippen LogP contribution is 2.53. The maximum absolute atomic E-state index is 12.7. The van der Waals surface area contributed by atoms with Crippen LogP contribution in [0.4, 0.5) is 11.4 Å². The Bertz CT molecular complexity index is 889. The van der Waals surface area contributed by atoms with E-state index in [1.165, 1.54) is 11.4 Å². The lowest BCUT2D eigenvalue weighted by molar-refractivity contribution is 0.0795. The molecule has 0 saturated carbocycles. The van der Waals surface area contributed by atoms with Crippen LogP contribution in [0.2, 0.25) is 0 Å². The Morgan fingerprint density at radius 1 is 0.800 bits per heavy atom. The number of nitrogens with zero attached hydrogens (tertiary/aromatic N) is 3. The van der Waals surface area contributed by atoms with Crippen molar-refractivity contribution in [3.63, 3.8) is 0 Å². The zero-order valence-electron chi connectivity index (χ0n) is 17.4. The maximum Gasteiger partial charge on any atom is 0.253 e. The number of anilines is 2. The first-order valence-electron chi connectivity index (χ1n) is 10.5. The molecule has 0 N–H and O–H groups in total. The van der Waals surface area contributed by atoms with E-state index < -0.39 is 8.22 Å². The van der Waals surface area contributed by atoms with Gasteiger partial charge in [-0.15, -0.1) is 0 Å². The van der Waals surface area contributed by atoms with Gasteiger partial charge < -0.3 is 14.2 Å². The summed E-state index contributed by atoms with van der Waals surface area (Å²) in [6, 6.07) is 30.9. The van der Waals surface area contributed by atoms with Crippen LogP contribution < -0.4 is 9.34 Å². The molecule has 0 radical (unpaired) electrons. The highest BCUT2D eigenvalue weighted by molar-refractivity contribution is 7.61. The molecule has 30 heavy (non-hydrogen) atoms. The molecule has 5 heteroatoms. The highest BCUT2D eigenvalue weighted by atomic mass is 31.1. The van der Waals surface area contributed by atoms with Gasteiger partial charge in [-0.2, -0.15) is 0 Å². The zero-order valence-corrected chi connectivity index (χ0v) is 18.3. The number of carbonyl (C=O) groups is 1. The van der Waals surface area contributed by atoms with Crippen molar-refractivity contribution in [3.8, 4) is 0 Å². The molecule has 154 valence electrons. The van der Waals surface area contributed by atoms with Crippen molar-refractivity contribution in [3.05, 3.63) is 96.6 Å². The summed E-state index contributed by atoms with van der Waals surface area (Å²) in [5.41, 5.74) is 3.33. The van der Waals surface area contributed by atoms with Crippen molar-refractivity contribution in [1.82, 2.24) is 4.90 Å². The van der Waals surface area contributed by atoms with Crippen molar-refractivity contribution < 1.29 is 4.79 Å². The molecule has 1 amide bonds. The molecule has 0 spiro atoms. The largest absolute Gasteiger partial charge is 0.342 e. The quantitative estimate of drug-likeness (QED) is 0.476. The SMILES string of the molecule is CN(CCCP1N(c2ccccc2)CCN1c1ccccc1)C(=O)c1ccccc1. The van der Waals surface area contributed by atoms with Gasteiger partial charge in [0.05, 0.1) is 8.22 Å². The molecule has 3 aromatic carbocycles. The van der Waals surface area contributed by atoms with Crippen molar-refractivity contribution in [2.45, 2.75) is 6.42 Å². The van der Waals surface area contributed by atoms with Gasteiger partial charge >= 0.3 is 0 Å². The maximum atomic E-state index is 12.7. The molecule has 0 unspecified atom stereocenters. The minimum Gasteiger partial charge on any atom is -0.342 e. The van der Waals surface area contributed by atoms with Crippen molar-refractivity contribution in [1.29, 1.82) is 0 Å². The molecule has 1 aliphatic rings. The van der Waals surface area contributed by atoms with Crippen molar-refractivity contribution >= 4 is 25.5 Å². The van der Waals surface area contributed by atoms with Gasteiger partial charge in [-0.3, -0.25) is 4.79 Å². The van der Waals surface area contributed by atoms with E-state index in [9.17, 15) is 4.79 Å².